The predicted molar refractivity (Wildman–Crippen MR) is 354 cm³/mol. The molecule has 3 unspecified atom stereocenters. The van der Waals surface area contributed by atoms with E-state index in [0.29, 0.717) is 31.6 Å². The van der Waals surface area contributed by atoms with Gasteiger partial charge in [-0.05, 0) is 49.4 Å². The number of unbranched alkanes of at least 4 members (excludes halogenated alkanes) is 32. The van der Waals surface area contributed by atoms with Crippen molar-refractivity contribution in [1.82, 2.24) is 0 Å². The fourth-order valence-corrected chi connectivity index (χ4v) is 11.9. The zero-order valence-corrected chi connectivity index (χ0v) is 59.1. The van der Waals surface area contributed by atoms with Gasteiger partial charge in [0.25, 0.3) is 0 Å². The molecule has 0 aromatic rings. The lowest BCUT2D eigenvalue weighted by Gasteiger charge is -2.21. The molecular weight excluding hydrogens is 1160 g/mol. The van der Waals surface area contributed by atoms with Crippen LogP contribution in [0.3, 0.4) is 0 Å². The van der Waals surface area contributed by atoms with Crippen molar-refractivity contribution in [2.45, 2.75) is 356 Å². The normalized spacial score (nSPS) is 14.3. The summed E-state index contributed by atoms with van der Waals surface area (Å²) in [5.74, 6) is 0.788. The van der Waals surface area contributed by atoms with Gasteiger partial charge in [-0.1, -0.05) is 287 Å². The zero-order valence-electron chi connectivity index (χ0n) is 57.3. The Morgan fingerprint density at radius 2 is 0.477 bits per heavy atom. The van der Waals surface area contributed by atoms with Crippen molar-refractivity contribution in [3.8, 4) is 0 Å². The Bertz CT molecular complexity index is 1750. The maximum atomic E-state index is 13.0. The third-order valence-corrected chi connectivity index (χ3v) is 17.7. The van der Waals surface area contributed by atoms with Crippen LogP contribution in [0.2, 0.25) is 0 Å². The van der Waals surface area contributed by atoms with Crippen LogP contribution in [0.5, 0.6) is 0 Å². The van der Waals surface area contributed by atoms with Crippen molar-refractivity contribution in [3.05, 3.63) is 0 Å². The molecule has 0 aliphatic carbocycles. The first kappa shape index (κ1) is 86.1. The molecule has 0 bridgehead atoms. The van der Waals surface area contributed by atoms with Gasteiger partial charge in [0.2, 0.25) is 0 Å². The van der Waals surface area contributed by atoms with Gasteiger partial charge in [-0.25, -0.2) is 9.13 Å². The second-order valence-corrected chi connectivity index (χ2v) is 29.7. The number of carbonyl (C=O) groups excluding carboxylic acids is 4. The molecule has 88 heavy (non-hydrogen) atoms. The molecule has 0 spiro atoms. The Balaban J connectivity index is 5.21. The standard InChI is InChI=1S/C69H134O17P2/c1-59(2)45-37-29-21-15-12-10-9-11-13-17-24-33-41-49-66(71)79-56-65(86-69(74)52-44-36-28-27-32-40-48-62(7)8)58-84-88(77,78)82-54-63(70)53-81-87(75,76)83-57-64(55-80-67(72)50-42-34-25-20-19-23-31-39-47-61(5)6)85-68(73)51-43-35-26-18-14-16-22-30-38-46-60(3)4/h59-65,70H,9-58H2,1-8H3,(H,75,76)(H,77,78)/t63?,64-,65-/m1/s1. The summed E-state index contributed by atoms with van der Waals surface area (Å²) in [7, 11) is -9.90. The highest BCUT2D eigenvalue weighted by Crippen LogP contribution is 2.45. The first-order valence-electron chi connectivity index (χ1n) is 35.7. The van der Waals surface area contributed by atoms with E-state index in [1.54, 1.807) is 0 Å². The third kappa shape index (κ3) is 62.8. The Hall–Kier alpha value is -1.94. The second kappa shape index (κ2) is 58.8. The van der Waals surface area contributed by atoms with Gasteiger partial charge in [0.1, 0.15) is 19.3 Å². The number of rotatable bonds is 66. The highest BCUT2D eigenvalue weighted by molar-refractivity contribution is 7.47. The number of aliphatic hydroxyl groups is 1. The minimum absolute atomic E-state index is 0.102. The summed E-state index contributed by atoms with van der Waals surface area (Å²) in [5.41, 5.74) is 0. The van der Waals surface area contributed by atoms with Crippen molar-refractivity contribution in [2.24, 2.45) is 23.7 Å². The van der Waals surface area contributed by atoms with Crippen LogP contribution in [0.25, 0.3) is 0 Å². The number of aliphatic hydroxyl groups excluding tert-OH is 1. The maximum Gasteiger partial charge on any atom is 0.472 e. The van der Waals surface area contributed by atoms with Gasteiger partial charge in [0.15, 0.2) is 12.2 Å². The average molecular weight is 1300 g/mol. The smallest absolute Gasteiger partial charge is 0.462 e. The topological polar surface area (TPSA) is 237 Å². The molecule has 0 aliphatic heterocycles. The van der Waals surface area contributed by atoms with E-state index in [4.69, 9.17) is 37.0 Å². The van der Waals surface area contributed by atoms with Gasteiger partial charge in [-0.2, -0.15) is 0 Å². The predicted octanol–water partition coefficient (Wildman–Crippen LogP) is 19.3. The molecule has 5 atom stereocenters. The van der Waals surface area contributed by atoms with Crippen molar-refractivity contribution >= 4 is 39.5 Å². The van der Waals surface area contributed by atoms with Gasteiger partial charge >= 0.3 is 39.5 Å². The minimum atomic E-state index is -4.95. The molecule has 0 saturated carbocycles. The van der Waals surface area contributed by atoms with Crippen molar-refractivity contribution in [1.29, 1.82) is 0 Å². The van der Waals surface area contributed by atoms with Gasteiger partial charge in [0, 0.05) is 25.7 Å². The Labute approximate surface area is 537 Å². The van der Waals surface area contributed by atoms with Crippen molar-refractivity contribution in [3.63, 3.8) is 0 Å². The molecule has 0 aliphatic rings. The number of phosphoric acid groups is 2. The van der Waals surface area contributed by atoms with Gasteiger partial charge in [-0.3, -0.25) is 37.3 Å². The summed E-state index contributed by atoms with van der Waals surface area (Å²) in [6, 6.07) is 0. The summed E-state index contributed by atoms with van der Waals surface area (Å²) in [6.45, 7) is 14.0. The van der Waals surface area contributed by atoms with Crippen LogP contribution in [0.4, 0.5) is 0 Å². The third-order valence-electron chi connectivity index (χ3n) is 15.8. The summed E-state index contributed by atoms with van der Waals surface area (Å²) in [6.07, 6.45) is 40.5. The maximum absolute atomic E-state index is 13.0. The molecular formula is C69H134O17P2. The van der Waals surface area contributed by atoms with E-state index in [1.165, 1.54) is 141 Å². The Morgan fingerprint density at radius 1 is 0.284 bits per heavy atom. The van der Waals surface area contributed by atoms with Crippen LogP contribution >= 0.6 is 15.6 Å². The number of hydrogen-bond acceptors (Lipinski definition) is 15. The number of phosphoric ester groups is 2. The lowest BCUT2D eigenvalue weighted by Crippen LogP contribution is -2.30. The minimum Gasteiger partial charge on any atom is -0.462 e. The van der Waals surface area contributed by atoms with Crippen LogP contribution in [0.15, 0.2) is 0 Å². The molecule has 0 rings (SSSR count). The fraction of sp³-hybridized carbons (Fsp3) is 0.942. The van der Waals surface area contributed by atoms with Crippen LogP contribution in [0, 0.1) is 23.7 Å². The monoisotopic (exact) mass is 1300 g/mol. The van der Waals surface area contributed by atoms with E-state index in [0.717, 1.165) is 108 Å². The van der Waals surface area contributed by atoms with Gasteiger partial charge in [0.05, 0.1) is 26.4 Å². The number of esters is 4. The van der Waals surface area contributed by atoms with Gasteiger partial charge < -0.3 is 33.8 Å². The molecule has 0 aromatic heterocycles. The van der Waals surface area contributed by atoms with E-state index in [9.17, 15) is 43.2 Å². The van der Waals surface area contributed by atoms with E-state index < -0.39 is 97.5 Å². The van der Waals surface area contributed by atoms with Crippen LogP contribution in [-0.2, 0) is 65.4 Å². The molecule has 3 N–H and O–H groups in total. The first-order valence-corrected chi connectivity index (χ1v) is 38.7. The molecule has 522 valence electrons. The molecule has 0 radical (unpaired) electrons. The van der Waals surface area contributed by atoms with Gasteiger partial charge in [-0.15, -0.1) is 0 Å². The summed E-state index contributed by atoms with van der Waals surface area (Å²) in [4.78, 5) is 72.4. The lowest BCUT2D eigenvalue weighted by atomic mass is 10.0. The van der Waals surface area contributed by atoms with Crippen LogP contribution in [-0.4, -0.2) is 96.7 Å². The van der Waals surface area contributed by atoms with E-state index in [-0.39, 0.29) is 25.7 Å². The number of hydrogen-bond donors (Lipinski definition) is 3. The second-order valence-electron chi connectivity index (χ2n) is 26.8. The SMILES string of the molecule is CC(C)CCCCCCCCCCCCCCCC(=O)OC[C@H](COP(=O)(O)OCC(O)COP(=O)(O)OC[C@@H](COC(=O)CCCCCCCCCCC(C)C)OC(=O)CCCCCCCCCCCC(C)C)OC(=O)CCCCCCCCC(C)C. The molecule has 0 fully saturated rings. The quantitative estimate of drug-likeness (QED) is 0.0222. The lowest BCUT2D eigenvalue weighted by molar-refractivity contribution is -0.161. The van der Waals surface area contributed by atoms with E-state index in [2.05, 4.69) is 55.4 Å². The summed E-state index contributed by atoms with van der Waals surface area (Å²) in [5, 5.41) is 10.6. The number of carbonyl (C=O) groups is 4. The number of ether oxygens (including phenoxy) is 4. The van der Waals surface area contributed by atoms with Crippen LogP contribution < -0.4 is 0 Å². The molecule has 17 nitrogen and oxygen atoms in total. The van der Waals surface area contributed by atoms with Crippen molar-refractivity contribution < 1.29 is 80.2 Å². The first-order chi connectivity index (χ1) is 42.1. The van der Waals surface area contributed by atoms with Crippen LogP contribution in [0.1, 0.15) is 338 Å². The zero-order chi connectivity index (χ0) is 65.4. The summed E-state index contributed by atoms with van der Waals surface area (Å²) >= 11 is 0. The highest BCUT2D eigenvalue weighted by atomic mass is 31.2. The molecule has 0 heterocycles. The highest BCUT2D eigenvalue weighted by Gasteiger charge is 2.30. The largest absolute Gasteiger partial charge is 0.472 e. The molecule has 0 aromatic carbocycles. The summed E-state index contributed by atoms with van der Waals surface area (Å²) < 4.78 is 68.2. The Morgan fingerprint density at radius 3 is 0.705 bits per heavy atom. The Kier molecular flexibility index (Phi) is 57.6. The molecule has 0 saturated heterocycles. The van der Waals surface area contributed by atoms with Crippen molar-refractivity contribution in [2.75, 3.05) is 39.6 Å². The average Bonchev–Trinajstić information content (AvgIpc) is 3.52. The van der Waals surface area contributed by atoms with E-state index >= 15 is 0 Å². The molecule has 0 amide bonds. The fourth-order valence-electron chi connectivity index (χ4n) is 10.3. The molecule has 19 heteroatoms. The van der Waals surface area contributed by atoms with E-state index in [1.807, 2.05) is 0 Å².